The molecule has 3 saturated heterocycles. The van der Waals surface area contributed by atoms with E-state index in [1.54, 1.807) is 19.6 Å². The van der Waals surface area contributed by atoms with Gasteiger partial charge in [-0.25, -0.2) is 9.59 Å². The third-order valence-electron chi connectivity index (χ3n) is 8.25. The molecular weight excluding hydrogens is 707 g/mol. The molecule has 4 amide bonds. The van der Waals surface area contributed by atoms with Crippen molar-refractivity contribution < 1.29 is 47.6 Å². The molecule has 0 saturated carbocycles. The van der Waals surface area contributed by atoms with Crippen LogP contribution >= 0.6 is 24.8 Å². The predicted octanol–water partition coefficient (Wildman–Crippen LogP) is 3.76. The highest BCUT2D eigenvalue weighted by molar-refractivity contribution is 5.85. The van der Waals surface area contributed by atoms with Gasteiger partial charge in [-0.05, 0) is 53.5 Å². The summed E-state index contributed by atoms with van der Waals surface area (Å²) >= 11 is 0. The molecule has 3 heterocycles. The van der Waals surface area contributed by atoms with Crippen molar-refractivity contribution in [1.82, 2.24) is 19.6 Å². The Morgan fingerprint density at radius 2 is 1.16 bits per heavy atom. The molecule has 0 N–H and O–H groups in total. The van der Waals surface area contributed by atoms with Gasteiger partial charge >= 0.3 is 12.2 Å². The lowest BCUT2D eigenvalue weighted by Crippen LogP contribution is -2.54. The van der Waals surface area contributed by atoms with E-state index in [-0.39, 0.29) is 68.6 Å². The van der Waals surface area contributed by atoms with Crippen LogP contribution < -0.4 is 0 Å². The highest BCUT2D eigenvalue weighted by Crippen LogP contribution is 2.24. The monoisotopic (exact) mass is 762 g/mol. The molecule has 3 aliphatic rings. The standard InChI is InChI=1S/C35H54N4O10.2ClH/c1-34(2,3)48-32(42)38-17-13-36(14-18-38)29(40)24-44-23-28-31(47-22-26-10-8-7-9-11-26)27(12-21-45-28)46-25-30(41)37-15-19-39(20-16-37)33(43)49-35(4,5)6;;/h7-11,27-28,31H,12-25H2,1-6H3;2*1H/t27-,28-,31+;;/m1../s1. The van der Waals surface area contributed by atoms with Crippen LogP contribution in [0.15, 0.2) is 30.3 Å². The minimum absolute atomic E-state index is 0. The molecule has 4 rings (SSSR count). The van der Waals surface area contributed by atoms with Gasteiger partial charge in [0.2, 0.25) is 11.8 Å². The third kappa shape index (κ3) is 14.6. The number of amides is 4. The van der Waals surface area contributed by atoms with Crippen LogP contribution in [0, 0.1) is 0 Å². The first-order valence-corrected chi connectivity index (χ1v) is 17.2. The summed E-state index contributed by atoms with van der Waals surface area (Å²) in [5.74, 6) is -0.339. The first kappa shape index (κ1) is 44.3. The van der Waals surface area contributed by atoms with E-state index in [0.29, 0.717) is 72.0 Å². The van der Waals surface area contributed by atoms with E-state index in [1.807, 2.05) is 71.9 Å². The van der Waals surface area contributed by atoms with Crippen molar-refractivity contribution in [2.24, 2.45) is 0 Å². The first-order chi connectivity index (χ1) is 23.2. The minimum atomic E-state index is -0.584. The Morgan fingerprint density at radius 3 is 1.65 bits per heavy atom. The average Bonchev–Trinajstić information content (AvgIpc) is 3.05. The van der Waals surface area contributed by atoms with Crippen LogP contribution in [0.2, 0.25) is 0 Å². The fraction of sp³-hybridized carbons (Fsp3) is 0.714. The second-order valence-electron chi connectivity index (χ2n) is 14.5. The maximum Gasteiger partial charge on any atom is 0.410 e. The van der Waals surface area contributed by atoms with Crippen molar-refractivity contribution in [1.29, 1.82) is 0 Å². The summed E-state index contributed by atoms with van der Waals surface area (Å²) in [5, 5.41) is 0. The van der Waals surface area contributed by atoms with Gasteiger partial charge in [0.05, 0.1) is 19.3 Å². The van der Waals surface area contributed by atoms with Gasteiger partial charge in [0.15, 0.2) is 0 Å². The number of rotatable bonds is 10. The molecule has 3 fully saturated rings. The molecule has 51 heavy (non-hydrogen) atoms. The first-order valence-electron chi connectivity index (χ1n) is 17.2. The molecular formula is C35H56Cl2N4O10. The number of ether oxygens (including phenoxy) is 6. The van der Waals surface area contributed by atoms with E-state index in [9.17, 15) is 19.2 Å². The van der Waals surface area contributed by atoms with Gasteiger partial charge in [-0.15, -0.1) is 24.8 Å². The third-order valence-corrected chi connectivity index (χ3v) is 8.25. The lowest BCUT2D eigenvalue weighted by Gasteiger charge is -2.39. The summed E-state index contributed by atoms with van der Waals surface area (Å²) in [6.07, 6.45) is -1.74. The normalized spacial score (nSPS) is 21.3. The fourth-order valence-corrected chi connectivity index (χ4v) is 5.69. The Morgan fingerprint density at radius 1 is 0.686 bits per heavy atom. The number of hydrogen-bond donors (Lipinski definition) is 0. The van der Waals surface area contributed by atoms with Gasteiger partial charge in [-0.3, -0.25) is 9.59 Å². The van der Waals surface area contributed by atoms with Crippen LogP contribution in [0.25, 0.3) is 0 Å². The van der Waals surface area contributed by atoms with Gasteiger partial charge in [-0.1, -0.05) is 30.3 Å². The minimum Gasteiger partial charge on any atom is -0.444 e. The van der Waals surface area contributed by atoms with Gasteiger partial charge < -0.3 is 48.0 Å². The quantitative estimate of drug-likeness (QED) is 0.347. The molecule has 1 aromatic carbocycles. The molecule has 3 atom stereocenters. The van der Waals surface area contributed by atoms with Crippen molar-refractivity contribution in [3.8, 4) is 0 Å². The molecule has 14 nitrogen and oxygen atoms in total. The van der Waals surface area contributed by atoms with Gasteiger partial charge in [0.1, 0.15) is 36.6 Å². The molecule has 290 valence electrons. The van der Waals surface area contributed by atoms with Gasteiger partial charge in [0.25, 0.3) is 0 Å². The van der Waals surface area contributed by atoms with Crippen LogP contribution in [-0.4, -0.2) is 152 Å². The molecule has 0 unspecified atom stereocenters. The number of halogens is 2. The second kappa shape index (κ2) is 20.4. The average molecular weight is 764 g/mol. The van der Waals surface area contributed by atoms with Crippen molar-refractivity contribution in [3.63, 3.8) is 0 Å². The van der Waals surface area contributed by atoms with Crippen LogP contribution in [0.3, 0.4) is 0 Å². The lowest BCUT2D eigenvalue weighted by molar-refractivity contribution is -0.197. The molecule has 0 aliphatic carbocycles. The Labute approximate surface area is 314 Å². The molecule has 0 bridgehead atoms. The van der Waals surface area contributed by atoms with Crippen LogP contribution in [0.5, 0.6) is 0 Å². The number of benzene rings is 1. The Bertz CT molecular complexity index is 1250. The SMILES string of the molecule is CC(C)(C)OC(=O)N1CCN(C(=O)COC[C@H]2OCC[C@@H](OCC(=O)N3CCN(C(=O)OC(C)(C)C)CC3)[C@@H]2OCc2ccccc2)CC1.Cl.Cl. The van der Waals surface area contributed by atoms with Gasteiger partial charge in [0, 0.05) is 59.0 Å². The zero-order valence-corrected chi connectivity index (χ0v) is 32.3. The Hall–Kier alpha value is -2.88. The van der Waals surface area contributed by atoms with E-state index >= 15 is 0 Å². The Balaban J connectivity index is 0.00000451. The van der Waals surface area contributed by atoms with Crippen LogP contribution in [0.1, 0.15) is 53.5 Å². The summed E-state index contributed by atoms with van der Waals surface area (Å²) in [4.78, 5) is 57.5. The summed E-state index contributed by atoms with van der Waals surface area (Å²) in [7, 11) is 0. The molecule has 16 heteroatoms. The van der Waals surface area contributed by atoms with E-state index in [4.69, 9.17) is 28.4 Å². The molecule has 0 spiro atoms. The highest BCUT2D eigenvalue weighted by atomic mass is 35.5. The zero-order chi connectivity index (χ0) is 35.6. The predicted molar refractivity (Wildman–Crippen MR) is 193 cm³/mol. The van der Waals surface area contributed by atoms with E-state index in [0.717, 1.165) is 5.56 Å². The molecule has 0 aromatic heterocycles. The smallest absolute Gasteiger partial charge is 0.410 e. The number of nitrogens with zero attached hydrogens (tertiary/aromatic N) is 4. The lowest BCUT2D eigenvalue weighted by atomic mass is 10.0. The second-order valence-corrected chi connectivity index (χ2v) is 14.5. The Kier molecular flexibility index (Phi) is 17.7. The highest BCUT2D eigenvalue weighted by Gasteiger charge is 2.38. The maximum atomic E-state index is 13.1. The van der Waals surface area contributed by atoms with E-state index in [1.165, 1.54) is 0 Å². The van der Waals surface area contributed by atoms with Crippen molar-refractivity contribution in [3.05, 3.63) is 35.9 Å². The summed E-state index contributed by atoms with van der Waals surface area (Å²) in [5.41, 5.74) is -0.187. The fourth-order valence-electron chi connectivity index (χ4n) is 5.69. The van der Waals surface area contributed by atoms with Crippen molar-refractivity contribution >= 4 is 48.8 Å². The summed E-state index contributed by atoms with van der Waals surface area (Å²) in [6.45, 7) is 14.6. The summed E-state index contributed by atoms with van der Waals surface area (Å²) < 4.78 is 35.3. The summed E-state index contributed by atoms with van der Waals surface area (Å²) in [6, 6.07) is 9.73. The molecule has 3 aliphatic heterocycles. The van der Waals surface area contributed by atoms with E-state index in [2.05, 4.69) is 0 Å². The number of carbonyl (C=O) groups excluding carboxylic acids is 4. The number of hydrogen-bond acceptors (Lipinski definition) is 10. The number of piperazine rings is 2. The van der Waals surface area contributed by atoms with E-state index < -0.39 is 29.5 Å². The maximum absolute atomic E-state index is 13.1. The topological polar surface area (TPSA) is 137 Å². The molecule has 0 radical (unpaired) electrons. The molecule has 1 aromatic rings. The van der Waals surface area contributed by atoms with Gasteiger partial charge in [-0.2, -0.15) is 0 Å². The van der Waals surface area contributed by atoms with Crippen LogP contribution in [0.4, 0.5) is 9.59 Å². The number of carbonyl (C=O) groups is 4. The zero-order valence-electron chi connectivity index (χ0n) is 30.7. The largest absolute Gasteiger partial charge is 0.444 e. The van der Waals surface area contributed by atoms with Crippen molar-refractivity contribution in [2.45, 2.75) is 84.1 Å². The van der Waals surface area contributed by atoms with Crippen molar-refractivity contribution in [2.75, 3.05) is 78.8 Å². The van der Waals surface area contributed by atoms with Crippen LogP contribution in [-0.2, 0) is 44.6 Å².